The van der Waals surface area contributed by atoms with E-state index in [0.29, 0.717) is 36.3 Å². The average Bonchev–Trinajstić information content (AvgIpc) is 3.60. The Hall–Kier alpha value is -3.12. The monoisotopic (exact) mass is 491 g/mol. The summed E-state index contributed by atoms with van der Waals surface area (Å²) in [6, 6.07) is 6.59. The van der Waals surface area contributed by atoms with Gasteiger partial charge in [0, 0.05) is 56.6 Å². The number of carbonyl (C=O) groups excluding carboxylic acids is 1. The Morgan fingerprint density at radius 2 is 1.86 bits per heavy atom. The summed E-state index contributed by atoms with van der Waals surface area (Å²) in [7, 11) is 0. The smallest absolute Gasteiger partial charge is 0.321 e. The van der Waals surface area contributed by atoms with Gasteiger partial charge in [-0.2, -0.15) is 10.2 Å². The van der Waals surface area contributed by atoms with Crippen LogP contribution in [0, 0.1) is 18.3 Å². The topological polar surface area (TPSA) is 102 Å². The molecule has 9 heteroatoms. The third-order valence-electron chi connectivity index (χ3n) is 8.06. The van der Waals surface area contributed by atoms with E-state index in [9.17, 15) is 10.1 Å². The van der Waals surface area contributed by atoms with Crippen molar-refractivity contribution in [2.24, 2.45) is 0 Å². The van der Waals surface area contributed by atoms with Crippen molar-refractivity contribution in [3.63, 3.8) is 0 Å². The van der Waals surface area contributed by atoms with Crippen molar-refractivity contribution in [3.8, 4) is 6.07 Å². The van der Waals surface area contributed by atoms with Crippen LogP contribution in [0.25, 0.3) is 0 Å². The lowest BCUT2D eigenvalue weighted by Gasteiger charge is -2.39. The maximum absolute atomic E-state index is 13.4. The van der Waals surface area contributed by atoms with Gasteiger partial charge in [-0.05, 0) is 64.2 Å². The highest BCUT2D eigenvalue weighted by Gasteiger charge is 2.39. The summed E-state index contributed by atoms with van der Waals surface area (Å²) in [6.07, 6.45) is 3.80. The maximum atomic E-state index is 13.4. The molecule has 2 aliphatic heterocycles. The molecule has 1 N–H and O–H groups in total. The van der Waals surface area contributed by atoms with Crippen LogP contribution in [0.3, 0.4) is 0 Å². The Morgan fingerprint density at radius 1 is 1.17 bits per heavy atom. The number of hydrogen-bond acceptors (Lipinski definition) is 7. The number of aryl methyl sites for hydroxylation is 1. The standard InChI is InChI=1S/C27H37N7O2/c1-18(2)32-11-13-33(14-12-32)22-16-19(3)15-21(17-28)23(22)29-26(35)34-9-7-27(4,8-10-34)25-30-24(36-31-25)20-5-6-20/h15-16,18,20H,5-14H2,1-4H3,(H,29,35). The van der Waals surface area contributed by atoms with E-state index < -0.39 is 0 Å². The van der Waals surface area contributed by atoms with Crippen LogP contribution in [0.2, 0.25) is 0 Å². The van der Waals surface area contributed by atoms with E-state index in [4.69, 9.17) is 4.52 Å². The number of nitriles is 1. The zero-order valence-electron chi connectivity index (χ0n) is 21.9. The summed E-state index contributed by atoms with van der Waals surface area (Å²) in [5.74, 6) is 1.96. The van der Waals surface area contributed by atoms with Gasteiger partial charge in [0.1, 0.15) is 6.07 Å². The molecule has 0 radical (unpaired) electrons. The summed E-state index contributed by atoms with van der Waals surface area (Å²) < 4.78 is 5.49. The number of benzene rings is 1. The SMILES string of the molecule is Cc1cc(C#N)c(NC(=O)N2CCC(C)(c3noc(C4CC4)n3)CC2)c(N2CCN(C(C)C)CC2)c1. The van der Waals surface area contributed by atoms with Crippen LogP contribution < -0.4 is 10.2 Å². The van der Waals surface area contributed by atoms with Gasteiger partial charge in [-0.15, -0.1) is 0 Å². The highest BCUT2D eigenvalue weighted by molar-refractivity contribution is 5.95. The summed E-state index contributed by atoms with van der Waals surface area (Å²) in [6.45, 7) is 13.5. The Bertz CT molecular complexity index is 1150. The molecule has 3 aliphatic rings. The number of piperidine rings is 1. The molecule has 192 valence electrons. The maximum Gasteiger partial charge on any atom is 0.321 e. The van der Waals surface area contributed by atoms with Crippen molar-refractivity contribution in [1.82, 2.24) is 19.9 Å². The minimum Gasteiger partial charge on any atom is -0.367 e. The molecule has 2 amide bonds. The molecule has 2 saturated heterocycles. The minimum atomic E-state index is -0.198. The van der Waals surface area contributed by atoms with E-state index in [0.717, 1.165) is 74.8 Å². The van der Waals surface area contributed by atoms with Crippen LogP contribution in [-0.2, 0) is 5.41 Å². The first-order valence-electron chi connectivity index (χ1n) is 13.2. The predicted octanol–water partition coefficient (Wildman–Crippen LogP) is 4.24. The molecular formula is C27H37N7O2. The zero-order valence-corrected chi connectivity index (χ0v) is 21.9. The molecule has 9 nitrogen and oxygen atoms in total. The first kappa shape index (κ1) is 24.6. The second-order valence-electron chi connectivity index (χ2n) is 11.1. The lowest BCUT2D eigenvalue weighted by atomic mass is 9.80. The van der Waals surface area contributed by atoms with Crippen LogP contribution in [0.15, 0.2) is 16.7 Å². The Labute approximate surface area is 213 Å². The molecule has 3 heterocycles. The van der Waals surface area contributed by atoms with Crippen LogP contribution in [-0.4, -0.2) is 71.3 Å². The number of carbonyl (C=O) groups is 1. The first-order chi connectivity index (χ1) is 17.3. The quantitative estimate of drug-likeness (QED) is 0.667. The Morgan fingerprint density at radius 3 is 2.47 bits per heavy atom. The summed E-state index contributed by atoms with van der Waals surface area (Å²) >= 11 is 0. The molecule has 2 aromatic rings. The van der Waals surface area contributed by atoms with Gasteiger partial charge in [0.05, 0.1) is 16.9 Å². The van der Waals surface area contributed by atoms with Crippen LogP contribution in [0.4, 0.5) is 16.2 Å². The molecule has 1 aromatic heterocycles. The third kappa shape index (κ3) is 4.92. The van der Waals surface area contributed by atoms with Crippen molar-refractivity contribution >= 4 is 17.4 Å². The van der Waals surface area contributed by atoms with E-state index in [2.05, 4.69) is 58.2 Å². The molecule has 0 spiro atoms. The highest BCUT2D eigenvalue weighted by Crippen LogP contribution is 2.41. The van der Waals surface area contributed by atoms with Crippen LogP contribution in [0.1, 0.15) is 75.2 Å². The molecule has 3 fully saturated rings. The van der Waals surface area contributed by atoms with Crippen molar-refractivity contribution in [3.05, 3.63) is 35.0 Å². The number of piperazine rings is 1. The first-order valence-corrected chi connectivity index (χ1v) is 13.2. The number of urea groups is 1. The van der Waals surface area contributed by atoms with Crippen molar-refractivity contribution < 1.29 is 9.32 Å². The molecule has 0 bridgehead atoms. The lowest BCUT2D eigenvalue weighted by Crippen LogP contribution is -2.49. The average molecular weight is 492 g/mol. The van der Waals surface area contributed by atoms with Crippen molar-refractivity contribution in [1.29, 1.82) is 5.26 Å². The van der Waals surface area contributed by atoms with E-state index in [1.807, 2.05) is 17.9 Å². The van der Waals surface area contributed by atoms with E-state index in [1.54, 1.807) is 0 Å². The van der Waals surface area contributed by atoms with E-state index >= 15 is 0 Å². The number of aromatic nitrogens is 2. The van der Waals surface area contributed by atoms with Gasteiger partial charge < -0.3 is 19.6 Å². The van der Waals surface area contributed by atoms with Gasteiger partial charge in [-0.1, -0.05) is 12.1 Å². The molecule has 5 rings (SSSR count). The molecule has 36 heavy (non-hydrogen) atoms. The zero-order chi connectivity index (χ0) is 25.4. The van der Waals surface area contributed by atoms with Gasteiger partial charge in [0.2, 0.25) is 5.89 Å². The molecule has 1 aliphatic carbocycles. The number of rotatable bonds is 5. The third-order valence-corrected chi connectivity index (χ3v) is 8.06. The summed E-state index contributed by atoms with van der Waals surface area (Å²) in [4.78, 5) is 24.6. The molecule has 0 atom stereocenters. The second-order valence-corrected chi connectivity index (χ2v) is 11.1. The van der Waals surface area contributed by atoms with E-state index in [-0.39, 0.29) is 11.4 Å². The largest absolute Gasteiger partial charge is 0.367 e. The number of amides is 2. The van der Waals surface area contributed by atoms with Gasteiger partial charge in [0.15, 0.2) is 5.82 Å². The van der Waals surface area contributed by atoms with Crippen molar-refractivity contribution in [2.45, 2.75) is 70.8 Å². The number of hydrogen-bond donors (Lipinski definition) is 1. The second kappa shape index (κ2) is 9.74. The van der Waals surface area contributed by atoms with Crippen molar-refractivity contribution in [2.75, 3.05) is 49.5 Å². The lowest BCUT2D eigenvalue weighted by molar-refractivity contribution is 0.169. The van der Waals surface area contributed by atoms with Crippen LogP contribution >= 0.6 is 0 Å². The van der Waals surface area contributed by atoms with E-state index in [1.165, 1.54) is 0 Å². The molecule has 1 saturated carbocycles. The fourth-order valence-corrected chi connectivity index (χ4v) is 5.30. The minimum absolute atomic E-state index is 0.161. The number of nitrogens with one attached hydrogen (secondary N) is 1. The Kier molecular flexibility index (Phi) is 6.64. The molecular weight excluding hydrogens is 454 g/mol. The summed E-state index contributed by atoms with van der Waals surface area (Å²) in [5.41, 5.74) is 2.88. The molecule has 1 aromatic carbocycles. The van der Waals surface area contributed by atoms with Gasteiger partial charge in [0.25, 0.3) is 0 Å². The fraction of sp³-hybridized carbons (Fsp3) is 0.630. The highest BCUT2D eigenvalue weighted by atomic mass is 16.5. The number of anilines is 2. The normalized spacial score (nSPS) is 20.4. The summed E-state index contributed by atoms with van der Waals surface area (Å²) in [5, 5.41) is 17.3. The van der Waals surface area contributed by atoms with Gasteiger partial charge in [-0.25, -0.2) is 4.79 Å². The van der Waals surface area contributed by atoms with Crippen LogP contribution in [0.5, 0.6) is 0 Å². The predicted molar refractivity (Wildman–Crippen MR) is 138 cm³/mol. The fourth-order valence-electron chi connectivity index (χ4n) is 5.30. The van der Waals surface area contributed by atoms with Gasteiger partial charge in [-0.3, -0.25) is 4.90 Å². The number of nitrogens with zero attached hydrogens (tertiary/aromatic N) is 6. The number of likely N-dealkylation sites (tertiary alicyclic amines) is 1. The Balaban J connectivity index is 1.28. The molecule has 0 unspecified atom stereocenters. The van der Waals surface area contributed by atoms with Gasteiger partial charge >= 0.3 is 6.03 Å².